The Morgan fingerprint density at radius 1 is 0.824 bits per heavy atom. The van der Waals surface area contributed by atoms with Gasteiger partial charge in [-0.15, -0.1) is 0 Å². The lowest BCUT2D eigenvalue weighted by Crippen LogP contribution is -2.15. The lowest BCUT2D eigenvalue weighted by molar-refractivity contribution is 0.102. The summed E-state index contributed by atoms with van der Waals surface area (Å²) in [5.74, 6) is 0.389. The van der Waals surface area contributed by atoms with Crippen LogP contribution in [0, 0.1) is 20.8 Å². The number of carbonyl (C=O) groups is 1. The van der Waals surface area contributed by atoms with E-state index in [-0.39, 0.29) is 5.91 Å². The zero-order valence-corrected chi connectivity index (χ0v) is 19.7. The first-order chi connectivity index (χ1) is 16.5. The highest BCUT2D eigenvalue weighted by Crippen LogP contribution is 2.20. The molecule has 0 aliphatic rings. The van der Waals surface area contributed by atoms with Crippen LogP contribution in [0.3, 0.4) is 0 Å². The number of hydrogen-bond donors (Lipinski definition) is 3. The monoisotopic (exact) mass is 451 g/mol. The van der Waals surface area contributed by atoms with Crippen LogP contribution in [0.2, 0.25) is 0 Å². The van der Waals surface area contributed by atoms with Crippen LogP contribution in [-0.2, 0) is 13.1 Å². The molecule has 0 aliphatic carbocycles. The van der Waals surface area contributed by atoms with Gasteiger partial charge in [0, 0.05) is 41.9 Å². The van der Waals surface area contributed by atoms with Crippen LogP contribution in [0.15, 0.2) is 79.0 Å². The van der Waals surface area contributed by atoms with Gasteiger partial charge in [0.05, 0.1) is 0 Å². The van der Waals surface area contributed by atoms with E-state index in [1.807, 2.05) is 63.2 Å². The second-order valence-corrected chi connectivity index (χ2v) is 8.36. The summed E-state index contributed by atoms with van der Waals surface area (Å²) in [5, 5.41) is 9.67. The number of nitrogens with one attached hydrogen (secondary N) is 3. The summed E-state index contributed by atoms with van der Waals surface area (Å²) in [4.78, 5) is 21.6. The number of benzene rings is 3. The van der Waals surface area contributed by atoms with Gasteiger partial charge >= 0.3 is 0 Å². The van der Waals surface area contributed by atoms with Crippen molar-refractivity contribution in [2.24, 2.45) is 0 Å². The fourth-order valence-electron chi connectivity index (χ4n) is 3.48. The molecule has 0 unspecified atom stereocenters. The molecule has 4 rings (SSSR count). The molecule has 0 aliphatic heterocycles. The van der Waals surface area contributed by atoms with Gasteiger partial charge in [0.25, 0.3) is 5.91 Å². The van der Waals surface area contributed by atoms with Crippen molar-refractivity contribution in [3.8, 4) is 0 Å². The van der Waals surface area contributed by atoms with E-state index in [1.54, 1.807) is 18.3 Å². The van der Waals surface area contributed by atoms with E-state index in [4.69, 9.17) is 0 Å². The molecule has 0 spiro atoms. The Balaban J connectivity index is 1.36. The molecule has 172 valence electrons. The average Bonchev–Trinajstić information content (AvgIpc) is 2.84. The fourth-order valence-corrected chi connectivity index (χ4v) is 3.48. The molecule has 1 aromatic heterocycles. The highest BCUT2D eigenvalue weighted by atomic mass is 16.1. The maximum Gasteiger partial charge on any atom is 0.255 e. The van der Waals surface area contributed by atoms with Crippen molar-refractivity contribution < 1.29 is 4.79 Å². The smallest absolute Gasteiger partial charge is 0.255 e. The van der Waals surface area contributed by atoms with Crippen LogP contribution in [0.1, 0.15) is 38.3 Å². The molecule has 4 aromatic rings. The summed E-state index contributed by atoms with van der Waals surface area (Å²) < 4.78 is 0. The number of aryl methyl sites for hydroxylation is 3. The van der Waals surface area contributed by atoms with E-state index in [0.717, 1.165) is 46.8 Å². The molecule has 1 amide bonds. The van der Waals surface area contributed by atoms with Crippen LogP contribution in [0.5, 0.6) is 0 Å². The van der Waals surface area contributed by atoms with E-state index < -0.39 is 0 Å². The maximum absolute atomic E-state index is 12.9. The molecule has 0 fully saturated rings. The van der Waals surface area contributed by atoms with Crippen molar-refractivity contribution in [3.63, 3.8) is 0 Å². The fraction of sp³-hybridized carbons (Fsp3) is 0.179. The Hall–Kier alpha value is -4.03. The van der Waals surface area contributed by atoms with Crippen molar-refractivity contribution in [1.82, 2.24) is 15.3 Å². The van der Waals surface area contributed by atoms with Gasteiger partial charge in [0.2, 0.25) is 5.95 Å². The van der Waals surface area contributed by atoms with Gasteiger partial charge in [-0.2, -0.15) is 0 Å². The van der Waals surface area contributed by atoms with Crippen molar-refractivity contribution >= 4 is 23.2 Å². The normalized spacial score (nSPS) is 10.7. The highest BCUT2D eigenvalue weighted by molar-refractivity contribution is 6.04. The van der Waals surface area contributed by atoms with Crippen molar-refractivity contribution in [3.05, 3.63) is 113 Å². The third-order valence-corrected chi connectivity index (χ3v) is 5.68. The zero-order valence-electron chi connectivity index (χ0n) is 19.7. The summed E-state index contributed by atoms with van der Waals surface area (Å²) in [7, 11) is 0. The number of amides is 1. The van der Waals surface area contributed by atoms with Gasteiger partial charge in [0.15, 0.2) is 0 Å². The summed E-state index contributed by atoms with van der Waals surface area (Å²) in [5.41, 5.74) is 7.57. The predicted octanol–water partition coefficient (Wildman–Crippen LogP) is 5.69. The van der Waals surface area contributed by atoms with E-state index in [9.17, 15) is 4.79 Å². The molecule has 6 nitrogen and oxygen atoms in total. The van der Waals surface area contributed by atoms with Crippen LogP contribution >= 0.6 is 0 Å². The lowest BCUT2D eigenvalue weighted by Gasteiger charge is -2.12. The third-order valence-electron chi connectivity index (χ3n) is 5.68. The van der Waals surface area contributed by atoms with Crippen LogP contribution in [0.25, 0.3) is 0 Å². The van der Waals surface area contributed by atoms with Gasteiger partial charge in [0.1, 0.15) is 0 Å². The first-order valence-electron chi connectivity index (χ1n) is 11.3. The predicted molar refractivity (Wildman–Crippen MR) is 137 cm³/mol. The minimum Gasteiger partial charge on any atom is -0.324 e. The van der Waals surface area contributed by atoms with Crippen LogP contribution in [-0.4, -0.2) is 15.9 Å². The average molecular weight is 452 g/mol. The standard InChI is InChI=1S/C28H29N5O/c1-19-9-10-23(18-29-17-22-7-5-4-6-8-22)15-26(19)33-27(34)24-11-13-25(14-12-24)32-28-30-16-20(2)21(3)31-28/h4-16,29H,17-18H2,1-3H3,(H,33,34)(H,30,31,32). The highest BCUT2D eigenvalue weighted by Gasteiger charge is 2.09. The summed E-state index contributed by atoms with van der Waals surface area (Å²) in [6, 6.07) is 23.7. The summed E-state index contributed by atoms with van der Waals surface area (Å²) in [6.45, 7) is 7.44. The Morgan fingerprint density at radius 3 is 2.29 bits per heavy atom. The van der Waals surface area contributed by atoms with Crippen LogP contribution < -0.4 is 16.0 Å². The Bertz CT molecular complexity index is 1270. The first-order valence-corrected chi connectivity index (χ1v) is 11.3. The third kappa shape index (κ3) is 6.05. The SMILES string of the molecule is Cc1ccc(CNCc2ccccc2)cc1NC(=O)c1ccc(Nc2ncc(C)c(C)n2)cc1. The molecule has 3 aromatic carbocycles. The molecule has 6 heteroatoms. The molecular formula is C28H29N5O. The number of hydrogen-bond acceptors (Lipinski definition) is 5. The number of rotatable bonds is 8. The molecule has 0 radical (unpaired) electrons. The van der Waals surface area contributed by atoms with Gasteiger partial charge < -0.3 is 16.0 Å². The largest absolute Gasteiger partial charge is 0.324 e. The van der Waals surface area contributed by atoms with Gasteiger partial charge in [-0.05, 0) is 73.4 Å². The molecule has 0 atom stereocenters. The van der Waals surface area contributed by atoms with Crippen molar-refractivity contribution in [2.45, 2.75) is 33.9 Å². The van der Waals surface area contributed by atoms with E-state index in [0.29, 0.717) is 11.5 Å². The van der Waals surface area contributed by atoms with Gasteiger partial charge in [-0.1, -0.05) is 42.5 Å². The van der Waals surface area contributed by atoms with Crippen molar-refractivity contribution in [2.75, 3.05) is 10.6 Å². The summed E-state index contributed by atoms with van der Waals surface area (Å²) >= 11 is 0. The Kier molecular flexibility index (Phi) is 7.30. The zero-order chi connectivity index (χ0) is 23.9. The Morgan fingerprint density at radius 2 is 1.56 bits per heavy atom. The minimum absolute atomic E-state index is 0.147. The van der Waals surface area contributed by atoms with E-state index in [2.05, 4.69) is 44.1 Å². The van der Waals surface area contributed by atoms with Crippen LogP contribution in [0.4, 0.5) is 17.3 Å². The molecule has 0 saturated heterocycles. The number of nitrogens with zero attached hydrogens (tertiary/aromatic N) is 2. The van der Waals surface area contributed by atoms with Gasteiger partial charge in [-0.25, -0.2) is 9.97 Å². The number of aromatic nitrogens is 2. The van der Waals surface area contributed by atoms with Gasteiger partial charge in [-0.3, -0.25) is 4.79 Å². The second kappa shape index (κ2) is 10.7. The molecule has 1 heterocycles. The molecule has 0 saturated carbocycles. The lowest BCUT2D eigenvalue weighted by atomic mass is 10.1. The molecule has 3 N–H and O–H groups in total. The Labute approximate surface area is 200 Å². The van der Waals surface area contributed by atoms with E-state index in [1.165, 1.54) is 5.56 Å². The summed E-state index contributed by atoms with van der Waals surface area (Å²) in [6.07, 6.45) is 1.79. The van der Waals surface area contributed by atoms with E-state index >= 15 is 0 Å². The minimum atomic E-state index is -0.147. The molecule has 0 bridgehead atoms. The first kappa shape index (κ1) is 23.1. The second-order valence-electron chi connectivity index (χ2n) is 8.36. The molecule has 34 heavy (non-hydrogen) atoms. The topological polar surface area (TPSA) is 78.9 Å². The van der Waals surface area contributed by atoms with Crippen molar-refractivity contribution in [1.29, 1.82) is 0 Å². The quantitative estimate of drug-likeness (QED) is 0.321. The maximum atomic E-state index is 12.9. The number of carbonyl (C=O) groups excluding carboxylic acids is 1. The number of anilines is 3. The molecular weight excluding hydrogens is 422 g/mol.